The van der Waals surface area contributed by atoms with Crippen LogP contribution in [-0.2, 0) is 4.79 Å². The average Bonchev–Trinajstić information content (AvgIpc) is 3.03. The van der Waals surface area contributed by atoms with Crippen LogP contribution in [0.15, 0.2) is 24.3 Å². The second-order valence-corrected chi connectivity index (χ2v) is 5.72. The molecule has 1 aromatic carbocycles. The number of likely N-dealkylation sites (tertiary alicyclic amines) is 1. The number of benzene rings is 1. The molecule has 1 unspecified atom stereocenters. The molecule has 1 saturated heterocycles. The number of hydrogen-bond acceptors (Lipinski definition) is 2. The molecule has 4 heteroatoms. The summed E-state index contributed by atoms with van der Waals surface area (Å²) in [7, 11) is 0. The van der Waals surface area contributed by atoms with Gasteiger partial charge in [0.05, 0.1) is 6.54 Å². The largest absolute Gasteiger partial charge is 0.342 e. The van der Waals surface area contributed by atoms with Crippen LogP contribution in [0, 0.1) is 5.82 Å². The molecular formula is C17H25FN2O. The van der Waals surface area contributed by atoms with E-state index in [1.807, 2.05) is 17.0 Å². The van der Waals surface area contributed by atoms with Crippen LogP contribution < -0.4 is 5.32 Å². The van der Waals surface area contributed by atoms with Gasteiger partial charge in [0.25, 0.3) is 0 Å². The first-order valence-corrected chi connectivity index (χ1v) is 7.97. The fourth-order valence-corrected chi connectivity index (χ4v) is 2.78. The SMILES string of the molecule is CCCCC(NCC(=O)N1CCCC1)c1ccc(F)cc1. The van der Waals surface area contributed by atoms with Crippen molar-refractivity contribution < 1.29 is 9.18 Å². The number of unbranched alkanes of at least 4 members (excludes halogenated alkanes) is 1. The minimum atomic E-state index is -0.221. The molecule has 1 heterocycles. The topological polar surface area (TPSA) is 32.3 Å². The minimum absolute atomic E-state index is 0.122. The van der Waals surface area contributed by atoms with Gasteiger partial charge in [-0.3, -0.25) is 4.79 Å². The number of amides is 1. The van der Waals surface area contributed by atoms with Crippen molar-refractivity contribution in [3.8, 4) is 0 Å². The Morgan fingerprint density at radius 2 is 1.95 bits per heavy atom. The summed E-state index contributed by atoms with van der Waals surface area (Å²) in [6.45, 7) is 4.29. The third-order valence-electron chi connectivity index (χ3n) is 4.08. The van der Waals surface area contributed by atoms with Gasteiger partial charge in [-0.25, -0.2) is 4.39 Å². The molecule has 116 valence electrons. The Bertz CT molecular complexity index is 441. The van der Waals surface area contributed by atoms with Crippen LogP contribution in [0.2, 0.25) is 0 Å². The molecule has 1 amide bonds. The standard InChI is InChI=1S/C17H25FN2O/c1-2-3-6-16(14-7-9-15(18)10-8-14)19-13-17(21)20-11-4-5-12-20/h7-10,16,19H,2-6,11-13H2,1H3. The number of nitrogens with zero attached hydrogens (tertiary/aromatic N) is 1. The first-order chi connectivity index (χ1) is 10.2. The molecular weight excluding hydrogens is 267 g/mol. The summed E-state index contributed by atoms with van der Waals surface area (Å²) in [5.74, 6) is -0.0442. The van der Waals surface area contributed by atoms with E-state index in [1.54, 1.807) is 0 Å². The van der Waals surface area contributed by atoms with Crippen LogP contribution in [0.25, 0.3) is 0 Å². The zero-order chi connectivity index (χ0) is 15.1. The normalized spacial score (nSPS) is 16.2. The maximum Gasteiger partial charge on any atom is 0.236 e. The first kappa shape index (κ1) is 16.0. The predicted octanol–water partition coefficient (Wildman–Crippen LogP) is 3.27. The van der Waals surface area contributed by atoms with E-state index in [-0.39, 0.29) is 17.8 Å². The highest BCUT2D eigenvalue weighted by Gasteiger charge is 2.19. The summed E-state index contributed by atoms with van der Waals surface area (Å²) >= 11 is 0. The number of halogens is 1. The Balaban J connectivity index is 1.92. The van der Waals surface area contributed by atoms with E-state index in [0.717, 1.165) is 50.8 Å². The highest BCUT2D eigenvalue weighted by atomic mass is 19.1. The van der Waals surface area contributed by atoms with Crippen molar-refractivity contribution in [2.75, 3.05) is 19.6 Å². The van der Waals surface area contributed by atoms with Crippen LogP contribution in [0.1, 0.15) is 50.6 Å². The molecule has 1 aliphatic rings. The molecule has 0 aliphatic carbocycles. The molecule has 0 radical (unpaired) electrons. The maximum absolute atomic E-state index is 13.0. The number of carbonyl (C=O) groups excluding carboxylic acids is 1. The lowest BCUT2D eigenvalue weighted by Crippen LogP contribution is -2.37. The number of hydrogen-bond donors (Lipinski definition) is 1. The highest BCUT2D eigenvalue weighted by Crippen LogP contribution is 2.20. The van der Waals surface area contributed by atoms with E-state index >= 15 is 0 Å². The Hall–Kier alpha value is -1.42. The van der Waals surface area contributed by atoms with Crippen molar-refractivity contribution in [1.29, 1.82) is 0 Å². The van der Waals surface area contributed by atoms with Crippen molar-refractivity contribution in [2.24, 2.45) is 0 Å². The van der Waals surface area contributed by atoms with E-state index in [0.29, 0.717) is 6.54 Å². The third kappa shape index (κ3) is 4.81. The van der Waals surface area contributed by atoms with Crippen molar-refractivity contribution >= 4 is 5.91 Å². The average molecular weight is 292 g/mol. The van der Waals surface area contributed by atoms with E-state index < -0.39 is 0 Å². The molecule has 0 saturated carbocycles. The quantitative estimate of drug-likeness (QED) is 0.836. The number of carbonyl (C=O) groups is 1. The lowest BCUT2D eigenvalue weighted by Gasteiger charge is -2.21. The van der Waals surface area contributed by atoms with E-state index in [2.05, 4.69) is 12.2 Å². The van der Waals surface area contributed by atoms with Gasteiger partial charge in [0, 0.05) is 19.1 Å². The molecule has 1 fully saturated rings. The summed E-state index contributed by atoms with van der Waals surface area (Å²) in [5.41, 5.74) is 1.05. The molecule has 1 aliphatic heterocycles. The van der Waals surface area contributed by atoms with Crippen molar-refractivity contribution in [3.63, 3.8) is 0 Å². The fraction of sp³-hybridized carbons (Fsp3) is 0.588. The minimum Gasteiger partial charge on any atom is -0.342 e. The number of rotatable bonds is 7. The van der Waals surface area contributed by atoms with Crippen LogP contribution in [0.3, 0.4) is 0 Å². The second kappa shape index (κ2) is 8.13. The Kier molecular flexibility index (Phi) is 6.18. The molecule has 1 atom stereocenters. The zero-order valence-electron chi connectivity index (χ0n) is 12.8. The molecule has 21 heavy (non-hydrogen) atoms. The van der Waals surface area contributed by atoms with Crippen molar-refractivity contribution in [2.45, 2.75) is 45.1 Å². The second-order valence-electron chi connectivity index (χ2n) is 5.72. The Morgan fingerprint density at radius 3 is 2.57 bits per heavy atom. The fourth-order valence-electron chi connectivity index (χ4n) is 2.78. The summed E-state index contributed by atoms with van der Waals surface area (Å²) in [6, 6.07) is 6.71. The Morgan fingerprint density at radius 1 is 1.29 bits per heavy atom. The number of nitrogens with one attached hydrogen (secondary N) is 1. The van der Waals surface area contributed by atoms with Gasteiger partial charge in [-0.05, 0) is 37.0 Å². The van der Waals surface area contributed by atoms with Crippen LogP contribution >= 0.6 is 0 Å². The van der Waals surface area contributed by atoms with Gasteiger partial charge in [0.15, 0.2) is 0 Å². The van der Waals surface area contributed by atoms with Crippen LogP contribution in [0.5, 0.6) is 0 Å². The third-order valence-corrected chi connectivity index (χ3v) is 4.08. The summed E-state index contributed by atoms with van der Waals surface area (Å²) in [5, 5.41) is 3.35. The van der Waals surface area contributed by atoms with E-state index in [4.69, 9.17) is 0 Å². The molecule has 0 aromatic heterocycles. The van der Waals surface area contributed by atoms with Gasteiger partial charge in [-0.1, -0.05) is 31.9 Å². The summed E-state index contributed by atoms with van der Waals surface area (Å²) in [4.78, 5) is 14.0. The molecule has 0 bridgehead atoms. The van der Waals surface area contributed by atoms with Gasteiger partial charge < -0.3 is 10.2 Å². The first-order valence-electron chi connectivity index (χ1n) is 7.97. The molecule has 0 spiro atoms. The zero-order valence-corrected chi connectivity index (χ0v) is 12.8. The van der Waals surface area contributed by atoms with Gasteiger partial charge >= 0.3 is 0 Å². The highest BCUT2D eigenvalue weighted by molar-refractivity contribution is 5.78. The maximum atomic E-state index is 13.0. The molecule has 1 N–H and O–H groups in total. The van der Waals surface area contributed by atoms with Crippen LogP contribution in [0.4, 0.5) is 4.39 Å². The Labute approximate surface area is 126 Å². The molecule has 3 nitrogen and oxygen atoms in total. The van der Waals surface area contributed by atoms with E-state index in [1.165, 1.54) is 12.1 Å². The van der Waals surface area contributed by atoms with Gasteiger partial charge in [-0.15, -0.1) is 0 Å². The lowest BCUT2D eigenvalue weighted by molar-refractivity contribution is -0.129. The van der Waals surface area contributed by atoms with E-state index in [9.17, 15) is 9.18 Å². The van der Waals surface area contributed by atoms with Gasteiger partial charge in [-0.2, -0.15) is 0 Å². The monoisotopic (exact) mass is 292 g/mol. The van der Waals surface area contributed by atoms with Crippen molar-refractivity contribution in [1.82, 2.24) is 10.2 Å². The lowest BCUT2D eigenvalue weighted by atomic mass is 10.0. The van der Waals surface area contributed by atoms with Crippen LogP contribution in [-0.4, -0.2) is 30.4 Å². The van der Waals surface area contributed by atoms with Gasteiger partial charge in [0.1, 0.15) is 5.82 Å². The van der Waals surface area contributed by atoms with Crippen molar-refractivity contribution in [3.05, 3.63) is 35.6 Å². The summed E-state index contributed by atoms with van der Waals surface area (Å²) < 4.78 is 13.0. The smallest absolute Gasteiger partial charge is 0.236 e. The molecule has 1 aromatic rings. The van der Waals surface area contributed by atoms with Gasteiger partial charge in [0.2, 0.25) is 5.91 Å². The predicted molar refractivity (Wildman–Crippen MR) is 82.5 cm³/mol. The summed E-state index contributed by atoms with van der Waals surface area (Å²) in [6.07, 6.45) is 5.40. The molecule has 2 rings (SSSR count).